The van der Waals surface area contributed by atoms with E-state index < -0.39 is 0 Å². The van der Waals surface area contributed by atoms with Crippen LogP contribution in [0.4, 0.5) is 5.69 Å². The lowest BCUT2D eigenvalue weighted by molar-refractivity contribution is 0.102. The summed E-state index contributed by atoms with van der Waals surface area (Å²) in [5.41, 5.74) is 2.21. The maximum absolute atomic E-state index is 13.1. The lowest BCUT2D eigenvalue weighted by Crippen LogP contribution is -2.24. The topological polar surface area (TPSA) is 64.0 Å². The van der Waals surface area contributed by atoms with E-state index in [9.17, 15) is 9.59 Å². The average Bonchev–Trinajstić information content (AvgIpc) is 2.73. The van der Waals surface area contributed by atoms with Crippen LogP contribution in [0.15, 0.2) is 77.6 Å². The van der Waals surface area contributed by atoms with Crippen LogP contribution in [0.25, 0.3) is 10.9 Å². The quantitative estimate of drug-likeness (QED) is 0.539. The highest BCUT2D eigenvalue weighted by Gasteiger charge is 2.14. The molecule has 1 amide bonds. The van der Waals surface area contributed by atoms with Crippen molar-refractivity contribution in [2.45, 2.75) is 13.5 Å². The number of rotatable bonds is 4. The molecule has 6 heteroatoms. The predicted octanol–water partition coefficient (Wildman–Crippen LogP) is 4.66. The number of aromatic nitrogens is 2. The Bertz CT molecular complexity index is 1250. The first-order valence-electron chi connectivity index (χ1n) is 9.14. The zero-order valence-corrected chi connectivity index (χ0v) is 16.5. The average molecular weight is 404 g/mol. The zero-order chi connectivity index (χ0) is 20.4. The number of aryl methyl sites for hydroxylation is 1. The van der Waals surface area contributed by atoms with Crippen LogP contribution in [0.2, 0.25) is 5.02 Å². The van der Waals surface area contributed by atoms with Gasteiger partial charge in [-0.05, 0) is 36.8 Å². The highest BCUT2D eigenvalue weighted by Crippen LogP contribution is 2.26. The smallest absolute Gasteiger partial charge is 0.261 e. The Hall–Kier alpha value is -3.44. The second-order valence-electron chi connectivity index (χ2n) is 6.71. The van der Waals surface area contributed by atoms with Gasteiger partial charge < -0.3 is 5.32 Å². The molecule has 0 unspecified atom stereocenters. The summed E-state index contributed by atoms with van der Waals surface area (Å²) in [4.78, 5) is 30.2. The number of anilines is 1. The molecule has 0 radical (unpaired) electrons. The number of nitrogens with zero attached hydrogens (tertiary/aromatic N) is 2. The minimum Gasteiger partial charge on any atom is -0.321 e. The van der Waals surface area contributed by atoms with Crippen molar-refractivity contribution in [2.75, 3.05) is 5.32 Å². The Balaban J connectivity index is 1.75. The molecule has 4 aromatic rings. The van der Waals surface area contributed by atoms with Gasteiger partial charge in [0, 0.05) is 5.56 Å². The summed E-state index contributed by atoms with van der Waals surface area (Å²) in [7, 11) is 0. The fourth-order valence-corrected chi connectivity index (χ4v) is 3.39. The summed E-state index contributed by atoms with van der Waals surface area (Å²) in [5.74, 6) is 0.306. The van der Waals surface area contributed by atoms with Gasteiger partial charge in [0.15, 0.2) is 0 Å². The fourth-order valence-electron chi connectivity index (χ4n) is 3.19. The Labute approximate surface area is 172 Å². The van der Waals surface area contributed by atoms with Gasteiger partial charge >= 0.3 is 0 Å². The van der Waals surface area contributed by atoms with Gasteiger partial charge in [-0.2, -0.15) is 0 Å². The first-order chi connectivity index (χ1) is 14.0. The molecule has 1 aromatic heterocycles. The van der Waals surface area contributed by atoms with Crippen molar-refractivity contribution in [3.63, 3.8) is 0 Å². The van der Waals surface area contributed by atoms with Crippen LogP contribution in [0.1, 0.15) is 21.7 Å². The van der Waals surface area contributed by atoms with Gasteiger partial charge in [0.1, 0.15) is 5.82 Å². The van der Waals surface area contributed by atoms with E-state index in [-0.39, 0.29) is 11.5 Å². The summed E-state index contributed by atoms with van der Waals surface area (Å²) in [6.07, 6.45) is 0. The lowest BCUT2D eigenvalue weighted by atomic mass is 10.1. The number of fused-ring (bicyclic) bond motifs is 1. The normalized spacial score (nSPS) is 10.8. The first-order valence-corrected chi connectivity index (χ1v) is 9.52. The summed E-state index contributed by atoms with van der Waals surface area (Å²) in [6.45, 7) is 2.21. The lowest BCUT2D eigenvalue weighted by Gasteiger charge is -2.13. The van der Waals surface area contributed by atoms with Crippen molar-refractivity contribution in [3.05, 3.63) is 105 Å². The SMILES string of the molecule is Cc1nc2cc(Cl)c(NC(=O)c3ccccc3)cc2c(=O)n1Cc1ccccc1. The van der Waals surface area contributed by atoms with Crippen molar-refractivity contribution < 1.29 is 4.79 Å². The van der Waals surface area contributed by atoms with Gasteiger partial charge in [0.2, 0.25) is 0 Å². The standard InChI is InChI=1S/C23H18ClN3O2/c1-15-25-20-13-19(24)21(26-22(28)17-10-6-3-7-11-17)12-18(20)23(29)27(15)14-16-8-4-2-5-9-16/h2-13H,14H2,1H3,(H,26,28). The highest BCUT2D eigenvalue weighted by molar-refractivity contribution is 6.34. The number of amides is 1. The molecule has 0 aliphatic carbocycles. The number of hydrogen-bond donors (Lipinski definition) is 1. The fraction of sp³-hybridized carbons (Fsp3) is 0.0870. The molecule has 0 bridgehead atoms. The number of benzene rings is 3. The Kier molecular flexibility index (Phi) is 5.14. The molecule has 0 fully saturated rings. The minimum atomic E-state index is -0.295. The van der Waals surface area contributed by atoms with Crippen molar-refractivity contribution in [2.24, 2.45) is 0 Å². The van der Waals surface area contributed by atoms with Crippen molar-refractivity contribution in [1.82, 2.24) is 9.55 Å². The molecule has 0 aliphatic heterocycles. The summed E-state index contributed by atoms with van der Waals surface area (Å²) < 4.78 is 1.62. The molecule has 1 heterocycles. The Morgan fingerprint density at radius 1 is 1.03 bits per heavy atom. The summed E-state index contributed by atoms with van der Waals surface area (Å²) in [5, 5.41) is 3.51. The monoisotopic (exact) mass is 403 g/mol. The van der Waals surface area contributed by atoms with Crippen LogP contribution in [0, 0.1) is 6.92 Å². The Morgan fingerprint density at radius 2 is 1.69 bits per heavy atom. The molecule has 29 heavy (non-hydrogen) atoms. The van der Waals surface area contributed by atoms with Gasteiger partial charge in [0.05, 0.1) is 28.2 Å². The van der Waals surface area contributed by atoms with E-state index in [1.165, 1.54) is 0 Å². The van der Waals surface area contributed by atoms with Gasteiger partial charge in [-0.25, -0.2) is 4.98 Å². The molecule has 4 rings (SSSR count). The molecular weight excluding hydrogens is 386 g/mol. The van der Waals surface area contributed by atoms with Crippen LogP contribution < -0.4 is 10.9 Å². The van der Waals surface area contributed by atoms with Crippen LogP contribution in [-0.4, -0.2) is 15.5 Å². The van der Waals surface area contributed by atoms with Crippen LogP contribution >= 0.6 is 11.6 Å². The van der Waals surface area contributed by atoms with E-state index >= 15 is 0 Å². The molecular formula is C23H18ClN3O2. The zero-order valence-electron chi connectivity index (χ0n) is 15.7. The van der Waals surface area contributed by atoms with Crippen LogP contribution in [0.3, 0.4) is 0 Å². The summed E-state index contributed by atoms with van der Waals surface area (Å²) >= 11 is 6.35. The number of carbonyl (C=O) groups is 1. The Morgan fingerprint density at radius 3 is 2.38 bits per heavy atom. The van der Waals surface area contributed by atoms with E-state index in [4.69, 9.17) is 11.6 Å². The predicted molar refractivity (Wildman–Crippen MR) is 116 cm³/mol. The third-order valence-corrected chi connectivity index (χ3v) is 5.01. The van der Waals surface area contributed by atoms with Crippen molar-refractivity contribution in [3.8, 4) is 0 Å². The molecule has 144 valence electrons. The molecule has 0 spiro atoms. The van der Waals surface area contributed by atoms with Gasteiger partial charge in [-0.15, -0.1) is 0 Å². The molecule has 5 nitrogen and oxygen atoms in total. The molecule has 0 atom stereocenters. The van der Waals surface area contributed by atoms with E-state index in [1.807, 2.05) is 36.4 Å². The largest absolute Gasteiger partial charge is 0.321 e. The van der Waals surface area contributed by atoms with E-state index in [0.29, 0.717) is 39.5 Å². The third-order valence-electron chi connectivity index (χ3n) is 4.70. The molecule has 0 aliphatic rings. The van der Waals surface area contributed by atoms with Gasteiger partial charge in [-0.1, -0.05) is 60.1 Å². The minimum absolute atomic E-state index is 0.178. The van der Waals surface area contributed by atoms with Gasteiger partial charge in [0.25, 0.3) is 11.5 Å². The van der Waals surface area contributed by atoms with E-state index in [1.54, 1.807) is 47.9 Å². The second kappa shape index (κ2) is 7.89. The highest BCUT2D eigenvalue weighted by atomic mass is 35.5. The van der Waals surface area contributed by atoms with Crippen molar-refractivity contribution >= 4 is 34.1 Å². The number of carbonyl (C=O) groups excluding carboxylic acids is 1. The molecule has 1 N–H and O–H groups in total. The number of nitrogens with one attached hydrogen (secondary N) is 1. The molecule has 3 aromatic carbocycles. The second-order valence-corrected chi connectivity index (χ2v) is 7.11. The summed E-state index contributed by atoms with van der Waals surface area (Å²) in [6, 6.07) is 21.7. The third kappa shape index (κ3) is 3.91. The maximum atomic E-state index is 13.1. The first kappa shape index (κ1) is 18.9. The number of hydrogen-bond acceptors (Lipinski definition) is 3. The molecule has 0 saturated carbocycles. The van der Waals surface area contributed by atoms with Crippen LogP contribution in [0.5, 0.6) is 0 Å². The van der Waals surface area contributed by atoms with Crippen LogP contribution in [-0.2, 0) is 6.54 Å². The maximum Gasteiger partial charge on any atom is 0.261 e. The van der Waals surface area contributed by atoms with E-state index in [2.05, 4.69) is 10.3 Å². The molecule has 0 saturated heterocycles. The van der Waals surface area contributed by atoms with Crippen molar-refractivity contribution in [1.29, 1.82) is 0 Å². The number of halogens is 1. The van der Waals surface area contributed by atoms with Gasteiger partial charge in [-0.3, -0.25) is 14.2 Å². The van der Waals surface area contributed by atoms with E-state index in [0.717, 1.165) is 5.56 Å².